The van der Waals surface area contributed by atoms with Gasteiger partial charge in [0.05, 0.1) is 14.2 Å². The number of guanidine groups is 1. The molecule has 1 aromatic rings. The van der Waals surface area contributed by atoms with Crippen molar-refractivity contribution in [2.45, 2.75) is 13.8 Å². The highest BCUT2D eigenvalue weighted by molar-refractivity contribution is 14.0. The molecule has 7 nitrogen and oxygen atoms in total. The van der Waals surface area contributed by atoms with Crippen LogP contribution in [0.5, 0.6) is 11.5 Å². The predicted octanol–water partition coefficient (Wildman–Crippen LogP) is 2.08. The number of aliphatic imine (C=N–C) groups is 1. The quantitative estimate of drug-likeness (QED) is 0.257. The molecule has 0 spiro atoms. The van der Waals surface area contributed by atoms with Gasteiger partial charge in [0.15, 0.2) is 17.5 Å². The zero-order valence-corrected chi connectivity index (χ0v) is 17.1. The van der Waals surface area contributed by atoms with Gasteiger partial charge in [0.25, 0.3) is 0 Å². The van der Waals surface area contributed by atoms with Gasteiger partial charge in [-0.25, -0.2) is 0 Å². The van der Waals surface area contributed by atoms with E-state index in [-0.39, 0.29) is 35.8 Å². The molecule has 0 saturated heterocycles. The van der Waals surface area contributed by atoms with Crippen LogP contribution >= 0.6 is 24.0 Å². The highest BCUT2D eigenvalue weighted by Gasteiger charge is 2.07. The Morgan fingerprint density at radius 1 is 1.12 bits per heavy atom. The number of nitrogens with one attached hydrogen (secondary N) is 3. The molecule has 136 valence electrons. The monoisotopic (exact) mass is 450 g/mol. The number of hydrogen-bond donors (Lipinski definition) is 3. The zero-order valence-electron chi connectivity index (χ0n) is 14.8. The Hall–Kier alpha value is -1.71. The number of carbonyl (C=O) groups is 1. The van der Waals surface area contributed by atoms with Crippen molar-refractivity contribution in [1.29, 1.82) is 0 Å². The Balaban J connectivity index is 0.00000529. The molecule has 0 saturated carbocycles. The molecule has 1 rings (SSSR count). The number of carbonyl (C=O) groups excluding carboxylic acids is 1. The molecule has 0 bridgehead atoms. The molecule has 0 aliphatic rings. The number of amides is 1. The van der Waals surface area contributed by atoms with Crippen LogP contribution < -0.4 is 25.4 Å². The number of anilines is 1. The first kappa shape index (κ1) is 22.3. The molecule has 0 aliphatic heterocycles. The normalized spacial score (nSPS) is 10.7. The van der Waals surface area contributed by atoms with Crippen LogP contribution in [0.1, 0.15) is 13.8 Å². The first-order valence-corrected chi connectivity index (χ1v) is 7.49. The van der Waals surface area contributed by atoms with Crippen LogP contribution in [0.4, 0.5) is 5.69 Å². The molecule has 0 heterocycles. The van der Waals surface area contributed by atoms with Crippen molar-refractivity contribution >= 4 is 41.5 Å². The topological polar surface area (TPSA) is 84.0 Å². The lowest BCUT2D eigenvalue weighted by molar-refractivity contribution is -0.123. The molecular weight excluding hydrogens is 423 g/mol. The van der Waals surface area contributed by atoms with Crippen LogP contribution in [0.2, 0.25) is 0 Å². The molecule has 3 N–H and O–H groups in total. The van der Waals surface area contributed by atoms with Crippen molar-refractivity contribution in [3.63, 3.8) is 0 Å². The van der Waals surface area contributed by atoms with Crippen LogP contribution in [-0.4, -0.2) is 46.2 Å². The number of rotatable bonds is 7. The summed E-state index contributed by atoms with van der Waals surface area (Å²) in [5.41, 5.74) is 0.821. The predicted molar refractivity (Wildman–Crippen MR) is 108 cm³/mol. The third-order valence-corrected chi connectivity index (χ3v) is 3.11. The van der Waals surface area contributed by atoms with E-state index in [2.05, 4.69) is 20.9 Å². The lowest BCUT2D eigenvalue weighted by Gasteiger charge is -2.14. The van der Waals surface area contributed by atoms with Gasteiger partial charge < -0.3 is 25.4 Å². The summed E-state index contributed by atoms with van der Waals surface area (Å²) in [4.78, 5) is 15.6. The number of nitrogens with zero attached hydrogens (tertiary/aromatic N) is 1. The first-order chi connectivity index (χ1) is 11.0. The van der Waals surface area contributed by atoms with E-state index in [4.69, 9.17) is 9.47 Å². The van der Waals surface area contributed by atoms with E-state index >= 15 is 0 Å². The molecule has 8 heteroatoms. The van der Waals surface area contributed by atoms with Gasteiger partial charge in [-0.3, -0.25) is 9.79 Å². The lowest BCUT2D eigenvalue weighted by Crippen LogP contribution is -2.38. The van der Waals surface area contributed by atoms with Gasteiger partial charge in [0, 0.05) is 37.8 Å². The zero-order chi connectivity index (χ0) is 17.2. The van der Waals surface area contributed by atoms with Gasteiger partial charge in [-0.1, -0.05) is 13.8 Å². The third kappa shape index (κ3) is 7.24. The molecule has 1 amide bonds. The van der Waals surface area contributed by atoms with Crippen LogP contribution in [0.3, 0.4) is 0 Å². The van der Waals surface area contributed by atoms with E-state index in [0.29, 0.717) is 30.5 Å². The van der Waals surface area contributed by atoms with Crippen LogP contribution in [0.15, 0.2) is 23.2 Å². The van der Waals surface area contributed by atoms with Crippen molar-refractivity contribution in [1.82, 2.24) is 10.6 Å². The first-order valence-electron chi connectivity index (χ1n) is 7.49. The molecular formula is C16H27IN4O3. The van der Waals surface area contributed by atoms with Gasteiger partial charge in [0.2, 0.25) is 5.91 Å². The van der Waals surface area contributed by atoms with Crippen molar-refractivity contribution in [3.8, 4) is 11.5 Å². The van der Waals surface area contributed by atoms with E-state index in [1.54, 1.807) is 21.3 Å². The van der Waals surface area contributed by atoms with Crippen molar-refractivity contribution < 1.29 is 14.3 Å². The van der Waals surface area contributed by atoms with E-state index < -0.39 is 0 Å². The van der Waals surface area contributed by atoms with E-state index in [1.807, 2.05) is 32.0 Å². The second-order valence-corrected chi connectivity index (χ2v) is 5.14. The Morgan fingerprint density at radius 2 is 1.75 bits per heavy atom. The third-order valence-electron chi connectivity index (χ3n) is 3.11. The number of methoxy groups -OCH3 is 2. The Bertz CT molecular complexity index is 550. The smallest absolute Gasteiger partial charge is 0.222 e. The fourth-order valence-corrected chi connectivity index (χ4v) is 1.80. The molecule has 0 radical (unpaired) electrons. The molecule has 0 unspecified atom stereocenters. The van der Waals surface area contributed by atoms with Gasteiger partial charge in [0.1, 0.15) is 0 Å². The summed E-state index contributed by atoms with van der Waals surface area (Å²) in [6, 6.07) is 5.51. The summed E-state index contributed by atoms with van der Waals surface area (Å²) in [7, 11) is 4.87. The van der Waals surface area contributed by atoms with Crippen LogP contribution in [0.25, 0.3) is 0 Å². The van der Waals surface area contributed by atoms with E-state index in [0.717, 1.165) is 5.69 Å². The minimum Gasteiger partial charge on any atom is -0.493 e. The van der Waals surface area contributed by atoms with Crippen LogP contribution in [-0.2, 0) is 4.79 Å². The summed E-state index contributed by atoms with van der Waals surface area (Å²) in [6.45, 7) is 4.83. The second kappa shape index (κ2) is 11.8. The Kier molecular flexibility index (Phi) is 10.9. The highest BCUT2D eigenvalue weighted by atomic mass is 127. The van der Waals surface area contributed by atoms with Crippen LogP contribution in [0, 0.1) is 5.92 Å². The largest absolute Gasteiger partial charge is 0.493 e. The molecule has 0 aliphatic carbocycles. The van der Waals surface area contributed by atoms with Gasteiger partial charge in [-0.2, -0.15) is 0 Å². The van der Waals surface area contributed by atoms with Crippen molar-refractivity contribution in [3.05, 3.63) is 18.2 Å². The fraction of sp³-hybridized carbons (Fsp3) is 0.500. The maximum absolute atomic E-state index is 11.5. The average molecular weight is 450 g/mol. The van der Waals surface area contributed by atoms with Crippen molar-refractivity contribution in [2.24, 2.45) is 10.9 Å². The molecule has 0 aromatic heterocycles. The van der Waals surface area contributed by atoms with Gasteiger partial charge in [-0.05, 0) is 12.1 Å². The Morgan fingerprint density at radius 3 is 2.29 bits per heavy atom. The van der Waals surface area contributed by atoms with E-state index in [9.17, 15) is 4.79 Å². The van der Waals surface area contributed by atoms with Crippen molar-refractivity contribution in [2.75, 3.05) is 39.7 Å². The second-order valence-electron chi connectivity index (χ2n) is 5.14. The summed E-state index contributed by atoms with van der Waals surface area (Å²) >= 11 is 0. The number of benzene rings is 1. The maximum Gasteiger partial charge on any atom is 0.222 e. The highest BCUT2D eigenvalue weighted by Crippen LogP contribution is 2.29. The van der Waals surface area contributed by atoms with E-state index in [1.165, 1.54) is 0 Å². The van der Waals surface area contributed by atoms with Gasteiger partial charge >= 0.3 is 0 Å². The summed E-state index contributed by atoms with van der Waals surface area (Å²) < 4.78 is 10.5. The number of hydrogen-bond acceptors (Lipinski definition) is 4. The molecule has 0 fully saturated rings. The number of ether oxygens (including phenoxy) is 2. The standard InChI is InChI=1S/C16H26N4O3.HI/c1-11(2)15(21)18-8-9-19-16(17-3)20-12-6-7-13(22-4)14(10-12)23-5;/h6-7,10-11H,8-9H2,1-5H3,(H,18,21)(H2,17,19,20);1H. The maximum atomic E-state index is 11.5. The SMILES string of the molecule is CN=C(NCCNC(=O)C(C)C)Nc1ccc(OC)c(OC)c1.I. The van der Waals surface area contributed by atoms with Gasteiger partial charge in [-0.15, -0.1) is 24.0 Å². The summed E-state index contributed by atoms with van der Waals surface area (Å²) in [6.07, 6.45) is 0. The minimum atomic E-state index is -0.0146. The lowest BCUT2D eigenvalue weighted by atomic mass is 10.2. The molecule has 0 atom stereocenters. The number of halogens is 1. The Labute approximate surface area is 160 Å². The minimum absolute atomic E-state index is 0. The summed E-state index contributed by atoms with van der Waals surface area (Å²) in [5.74, 6) is 1.93. The molecule has 24 heavy (non-hydrogen) atoms. The summed E-state index contributed by atoms with van der Waals surface area (Å²) in [5, 5.41) is 9.12. The fourth-order valence-electron chi connectivity index (χ4n) is 1.80. The molecule has 1 aromatic carbocycles. The average Bonchev–Trinajstić information content (AvgIpc) is 2.56.